The van der Waals surface area contributed by atoms with E-state index in [1.165, 1.54) is 17.0 Å². The maximum atomic E-state index is 12.6. The third kappa shape index (κ3) is 3.52. The summed E-state index contributed by atoms with van der Waals surface area (Å²) in [5.41, 5.74) is 1.93. The van der Waals surface area contributed by atoms with E-state index in [2.05, 4.69) is 10.4 Å². The minimum absolute atomic E-state index is 0.299. The monoisotopic (exact) mass is 337 g/mol. The number of anilines is 1. The molecule has 2 heterocycles. The molecule has 2 aromatic heterocycles. The van der Waals surface area contributed by atoms with E-state index in [0.717, 1.165) is 17.7 Å². The van der Waals surface area contributed by atoms with Gasteiger partial charge in [0.1, 0.15) is 11.7 Å². The lowest BCUT2D eigenvalue weighted by atomic mass is 10.1. The van der Waals surface area contributed by atoms with Crippen molar-refractivity contribution in [3.05, 3.63) is 70.7 Å². The Morgan fingerprint density at radius 1 is 1.20 bits per heavy atom. The number of rotatable bonds is 5. The van der Waals surface area contributed by atoms with Crippen LogP contribution in [0.4, 0.5) is 5.69 Å². The van der Waals surface area contributed by atoms with Crippen LogP contribution in [0.1, 0.15) is 25.5 Å². The third-order valence-electron chi connectivity index (χ3n) is 4.00. The summed E-state index contributed by atoms with van der Waals surface area (Å²) in [6.45, 7) is 3.66. The minimum Gasteiger partial charge on any atom is -0.463 e. The lowest BCUT2D eigenvalue weighted by Crippen LogP contribution is -2.33. The molecule has 0 aliphatic heterocycles. The number of aromatic nitrogens is 2. The second-order valence-corrected chi connectivity index (χ2v) is 5.65. The van der Waals surface area contributed by atoms with E-state index in [9.17, 15) is 9.59 Å². The maximum Gasteiger partial charge on any atom is 0.267 e. The highest BCUT2D eigenvalue weighted by molar-refractivity contribution is 5.94. The van der Waals surface area contributed by atoms with Crippen LogP contribution in [0.2, 0.25) is 0 Å². The summed E-state index contributed by atoms with van der Waals surface area (Å²) in [5, 5.41) is 7.15. The number of amides is 1. The molecule has 1 N–H and O–H groups in total. The Morgan fingerprint density at radius 2 is 2.00 bits per heavy atom. The van der Waals surface area contributed by atoms with Gasteiger partial charge >= 0.3 is 0 Å². The smallest absolute Gasteiger partial charge is 0.267 e. The number of furan rings is 1. The van der Waals surface area contributed by atoms with Gasteiger partial charge in [0.15, 0.2) is 5.76 Å². The number of carbonyl (C=O) groups excluding carboxylic acids is 1. The molecular weight excluding hydrogens is 318 g/mol. The first kappa shape index (κ1) is 16.7. The molecule has 6 nitrogen and oxygen atoms in total. The predicted molar refractivity (Wildman–Crippen MR) is 95.4 cm³/mol. The fourth-order valence-electron chi connectivity index (χ4n) is 2.56. The Labute approximate surface area is 145 Å². The van der Waals surface area contributed by atoms with Crippen molar-refractivity contribution in [1.29, 1.82) is 0 Å². The summed E-state index contributed by atoms with van der Waals surface area (Å²) < 4.78 is 6.47. The van der Waals surface area contributed by atoms with E-state index < -0.39 is 6.04 Å². The molecule has 0 fully saturated rings. The van der Waals surface area contributed by atoms with Crippen LogP contribution in [0.3, 0.4) is 0 Å². The molecule has 1 unspecified atom stereocenters. The molecule has 128 valence electrons. The van der Waals surface area contributed by atoms with Crippen molar-refractivity contribution in [2.75, 3.05) is 5.32 Å². The number of carbonyl (C=O) groups is 1. The van der Waals surface area contributed by atoms with Crippen LogP contribution in [0.15, 0.2) is 64.0 Å². The quantitative estimate of drug-likeness (QED) is 0.775. The van der Waals surface area contributed by atoms with Gasteiger partial charge in [-0.1, -0.05) is 25.1 Å². The molecule has 6 heteroatoms. The van der Waals surface area contributed by atoms with E-state index in [-0.39, 0.29) is 11.5 Å². The molecular formula is C19H19N3O3. The first-order chi connectivity index (χ1) is 12.1. The van der Waals surface area contributed by atoms with Gasteiger partial charge in [-0.05, 0) is 43.2 Å². The van der Waals surface area contributed by atoms with Crippen LogP contribution in [0.25, 0.3) is 11.5 Å². The van der Waals surface area contributed by atoms with Crippen molar-refractivity contribution < 1.29 is 9.21 Å². The third-order valence-corrected chi connectivity index (χ3v) is 4.00. The number of benzene rings is 1. The minimum atomic E-state index is -0.757. The number of hydrogen-bond donors (Lipinski definition) is 1. The molecule has 0 radical (unpaired) electrons. The van der Waals surface area contributed by atoms with E-state index in [4.69, 9.17) is 4.42 Å². The Balaban J connectivity index is 1.87. The lowest BCUT2D eigenvalue weighted by Gasteiger charge is -2.16. The Hall–Kier alpha value is -3.15. The summed E-state index contributed by atoms with van der Waals surface area (Å²) in [7, 11) is 0. The highest BCUT2D eigenvalue weighted by Gasteiger charge is 2.19. The molecule has 0 aliphatic rings. The largest absolute Gasteiger partial charge is 0.463 e. The van der Waals surface area contributed by atoms with Gasteiger partial charge in [-0.25, -0.2) is 4.68 Å². The van der Waals surface area contributed by atoms with Crippen LogP contribution >= 0.6 is 0 Å². The Kier molecular flexibility index (Phi) is 4.79. The number of aryl methyl sites for hydroxylation is 1. The van der Waals surface area contributed by atoms with Crippen LogP contribution in [0.5, 0.6) is 0 Å². The summed E-state index contributed by atoms with van der Waals surface area (Å²) in [5.74, 6) is 0.241. The highest BCUT2D eigenvalue weighted by Crippen LogP contribution is 2.19. The lowest BCUT2D eigenvalue weighted by molar-refractivity contribution is -0.119. The zero-order chi connectivity index (χ0) is 17.8. The zero-order valence-electron chi connectivity index (χ0n) is 14.1. The predicted octanol–water partition coefficient (Wildman–Crippen LogP) is 3.27. The van der Waals surface area contributed by atoms with Crippen molar-refractivity contribution >= 4 is 11.6 Å². The van der Waals surface area contributed by atoms with E-state index in [1.807, 2.05) is 31.2 Å². The van der Waals surface area contributed by atoms with E-state index in [0.29, 0.717) is 11.5 Å². The first-order valence-electron chi connectivity index (χ1n) is 8.12. The first-order valence-corrected chi connectivity index (χ1v) is 8.12. The van der Waals surface area contributed by atoms with Crippen LogP contribution < -0.4 is 10.9 Å². The molecule has 0 spiro atoms. The highest BCUT2D eigenvalue weighted by atomic mass is 16.3. The Bertz CT molecular complexity index is 929. The van der Waals surface area contributed by atoms with Gasteiger partial charge in [0.05, 0.1) is 6.26 Å². The van der Waals surface area contributed by atoms with Crippen molar-refractivity contribution in [3.8, 4) is 11.5 Å². The maximum absolute atomic E-state index is 12.6. The van der Waals surface area contributed by atoms with Gasteiger partial charge in [-0.2, -0.15) is 5.10 Å². The SMILES string of the molecule is CCc1ccccc1NC(=O)C(C)n1nc(-c2ccco2)ccc1=O. The van der Waals surface area contributed by atoms with E-state index in [1.54, 1.807) is 25.1 Å². The van der Waals surface area contributed by atoms with E-state index >= 15 is 0 Å². The normalized spacial score (nSPS) is 11.9. The molecule has 0 aliphatic carbocycles. The second-order valence-electron chi connectivity index (χ2n) is 5.65. The summed E-state index contributed by atoms with van der Waals surface area (Å²) in [6.07, 6.45) is 2.33. The molecule has 25 heavy (non-hydrogen) atoms. The van der Waals surface area contributed by atoms with Crippen molar-refractivity contribution in [2.24, 2.45) is 0 Å². The molecule has 0 saturated carbocycles. The molecule has 3 aromatic rings. The fourth-order valence-corrected chi connectivity index (χ4v) is 2.56. The molecule has 0 saturated heterocycles. The number of nitrogens with zero attached hydrogens (tertiary/aromatic N) is 2. The average molecular weight is 337 g/mol. The molecule has 1 atom stereocenters. The van der Waals surface area contributed by atoms with Crippen molar-refractivity contribution in [1.82, 2.24) is 9.78 Å². The molecule has 3 rings (SSSR count). The topological polar surface area (TPSA) is 77.1 Å². The summed E-state index contributed by atoms with van der Waals surface area (Å²) in [4.78, 5) is 24.7. The Morgan fingerprint density at radius 3 is 2.72 bits per heavy atom. The van der Waals surface area contributed by atoms with Crippen LogP contribution in [-0.4, -0.2) is 15.7 Å². The summed E-state index contributed by atoms with van der Waals surface area (Å²) in [6, 6.07) is 13.3. The van der Waals surface area contributed by atoms with Gasteiger partial charge in [-0.15, -0.1) is 0 Å². The van der Waals surface area contributed by atoms with Crippen LogP contribution in [-0.2, 0) is 11.2 Å². The number of nitrogens with one attached hydrogen (secondary N) is 1. The molecule has 1 aromatic carbocycles. The zero-order valence-corrected chi connectivity index (χ0v) is 14.1. The van der Waals surface area contributed by atoms with Gasteiger partial charge in [0.25, 0.3) is 5.56 Å². The standard InChI is InChI=1S/C19H19N3O3/c1-3-14-7-4-5-8-15(14)20-19(24)13(2)22-18(23)11-10-16(21-22)17-9-6-12-25-17/h4-13H,3H2,1-2H3,(H,20,24). The summed E-state index contributed by atoms with van der Waals surface area (Å²) >= 11 is 0. The van der Waals surface area contributed by atoms with Gasteiger partial charge in [0.2, 0.25) is 5.91 Å². The van der Waals surface area contributed by atoms with Crippen molar-refractivity contribution in [2.45, 2.75) is 26.3 Å². The van der Waals surface area contributed by atoms with Gasteiger partial charge in [-0.3, -0.25) is 9.59 Å². The second kappa shape index (κ2) is 7.17. The van der Waals surface area contributed by atoms with Crippen LogP contribution in [0, 0.1) is 0 Å². The number of para-hydroxylation sites is 1. The molecule has 1 amide bonds. The number of hydrogen-bond acceptors (Lipinski definition) is 4. The van der Waals surface area contributed by atoms with Crippen molar-refractivity contribution in [3.63, 3.8) is 0 Å². The fraction of sp³-hybridized carbons (Fsp3) is 0.211. The van der Waals surface area contributed by atoms with Gasteiger partial charge in [0, 0.05) is 11.8 Å². The molecule has 0 bridgehead atoms. The van der Waals surface area contributed by atoms with Gasteiger partial charge < -0.3 is 9.73 Å². The average Bonchev–Trinajstić information content (AvgIpc) is 3.16.